The molecule has 3 rings (SSSR count). The number of ether oxygens (including phenoxy) is 2. The number of benzene rings is 2. The normalized spacial score (nSPS) is 10.4. The van der Waals surface area contributed by atoms with Gasteiger partial charge in [-0.05, 0) is 35.7 Å². The van der Waals surface area contributed by atoms with Gasteiger partial charge in [-0.2, -0.15) is 5.10 Å². The van der Waals surface area contributed by atoms with Crippen molar-refractivity contribution in [3.63, 3.8) is 0 Å². The van der Waals surface area contributed by atoms with Crippen LogP contribution < -0.4 is 14.8 Å². The molecule has 140 valence electrons. The molecule has 0 fully saturated rings. The molecule has 27 heavy (non-hydrogen) atoms. The fraction of sp³-hybridized carbons (Fsp3) is 0.250. The summed E-state index contributed by atoms with van der Waals surface area (Å²) in [6.45, 7) is 2.90. The molecule has 0 atom stereocenters. The largest absolute Gasteiger partial charge is 0.493 e. The Morgan fingerprint density at radius 1 is 1.15 bits per heavy atom. The van der Waals surface area contributed by atoms with Crippen molar-refractivity contribution in [3.05, 3.63) is 71.8 Å². The second-order valence-corrected chi connectivity index (χ2v) is 6.08. The van der Waals surface area contributed by atoms with E-state index in [-0.39, 0.29) is 12.5 Å². The average molecular weight is 366 g/mol. The van der Waals surface area contributed by atoms with E-state index in [1.807, 2.05) is 43.3 Å². The third-order valence-electron chi connectivity index (χ3n) is 4.07. The average Bonchev–Trinajstić information content (AvgIpc) is 3.19. The zero-order chi connectivity index (χ0) is 19.1. The van der Waals surface area contributed by atoms with E-state index >= 15 is 0 Å². The predicted molar refractivity (Wildman–Crippen MR) is 101 cm³/mol. The van der Waals surface area contributed by atoms with Crippen LogP contribution in [-0.2, 0) is 17.9 Å². The Morgan fingerprint density at radius 3 is 2.70 bits per heavy atom. The van der Waals surface area contributed by atoms with Crippen molar-refractivity contribution >= 4 is 5.91 Å². The Labute approximate surface area is 158 Å². The lowest BCUT2D eigenvalue weighted by Gasteiger charge is -2.13. The number of nitrogens with zero attached hydrogens (tertiary/aromatic N) is 3. The zero-order valence-electron chi connectivity index (χ0n) is 15.4. The first kappa shape index (κ1) is 18.4. The lowest BCUT2D eigenvalue weighted by Crippen LogP contribution is -2.29. The SMILES string of the molecule is COc1cc(C)ccc1OCC(=O)NCc1ccccc1Cn1cncn1. The maximum atomic E-state index is 12.2. The molecule has 0 spiro atoms. The van der Waals surface area contributed by atoms with Gasteiger partial charge in [0.1, 0.15) is 12.7 Å². The van der Waals surface area contributed by atoms with E-state index in [9.17, 15) is 4.79 Å². The third kappa shape index (κ3) is 5.07. The molecule has 0 unspecified atom stereocenters. The Bertz CT molecular complexity index is 894. The van der Waals surface area contributed by atoms with Crippen LogP contribution in [0.5, 0.6) is 11.5 Å². The van der Waals surface area contributed by atoms with E-state index in [4.69, 9.17) is 9.47 Å². The lowest BCUT2D eigenvalue weighted by molar-refractivity contribution is -0.123. The molecular formula is C20H22N4O3. The number of aromatic nitrogens is 3. The minimum atomic E-state index is -0.201. The number of nitrogens with one attached hydrogen (secondary N) is 1. The summed E-state index contributed by atoms with van der Waals surface area (Å²) in [4.78, 5) is 16.1. The summed E-state index contributed by atoms with van der Waals surface area (Å²) in [7, 11) is 1.58. The molecule has 0 bridgehead atoms. The Morgan fingerprint density at radius 2 is 1.96 bits per heavy atom. The van der Waals surface area contributed by atoms with Crippen LogP contribution in [0, 0.1) is 6.92 Å². The topological polar surface area (TPSA) is 78.3 Å². The van der Waals surface area contributed by atoms with Crippen molar-refractivity contribution in [3.8, 4) is 11.5 Å². The number of carbonyl (C=O) groups is 1. The van der Waals surface area contributed by atoms with Crippen molar-refractivity contribution in [1.82, 2.24) is 20.1 Å². The Balaban J connectivity index is 1.55. The second-order valence-electron chi connectivity index (χ2n) is 6.08. The van der Waals surface area contributed by atoms with E-state index < -0.39 is 0 Å². The first-order valence-electron chi connectivity index (χ1n) is 8.59. The molecule has 0 aliphatic carbocycles. The quantitative estimate of drug-likeness (QED) is 0.662. The minimum absolute atomic E-state index is 0.0787. The molecule has 0 radical (unpaired) electrons. The highest BCUT2D eigenvalue weighted by Gasteiger charge is 2.09. The van der Waals surface area contributed by atoms with E-state index in [0.29, 0.717) is 24.6 Å². The highest BCUT2D eigenvalue weighted by atomic mass is 16.5. The molecule has 0 saturated heterocycles. The molecule has 0 aliphatic rings. The first-order chi connectivity index (χ1) is 13.2. The van der Waals surface area contributed by atoms with Crippen molar-refractivity contribution in [2.45, 2.75) is 20.0 Å². The van der Waals surface area contributed by atoms with Gasteiger partial charge in [0.05, 0.1) is 13.7 Å². The van der Waals surface area contributed by atoms with Crippen molar-refractivity contribution in [2.75, 3.05) is 13.7 Å². The van der Waals surface area contributed by atoms with Gasteiger partial charge < -0.3 is 14.8 Å². The van der Waals surface area contributed by atoms with Gasteiger partial charge in [0, 0.05) is 6.54 Å². The molecule has 1 heterocycles. The number of methoxy groups -OCH3 is 1. The second kappa shape index (κ2) is 8.84. The predicted octanol–water partition coefficient (Wildman–Crippen LogP) is 2.34. The number of aryl methyl sites for hydroxylation is 1. The van der Waals surface area contributed by atoms with Gasteiger partial charge in [0.15, 0.2) is 18.1 Å². The van der Waals surface area contributed by atoms with Crippen molar-refractivity contribution < 1.29 is 14.3 Å². The maximum absolute atomic E-state index is 12.2. The highest BCUT2D eigenvalue weighted by Crippen LogP contribution is 2.27. The number of carbonyl (C=O) groups excluding carboxylic acids is 1. The van der Waals surface area contributed by atoms with Gasteiger partial charge >= 0.3 is 0 Å². The van der Waals surface area contributed by atoms with Crippen LogP contribution in [0.4, 0.5) is 0 Å². The molecular weight excluding hydrogens is 344 g/mol. The molecule has 1 N–H and O–H groups in total. The van der Waals surface area contributed by atoms with Crippen LogP contribution >= 0.6 is 0 Å². The Kier molecular flexibility index (Phi) is 6.04. The molecule has 0 saturated carbocycles. The van der Waals surface area contributed by atoms with Crippen LogP contribution in [0.15, 0.2) is 55.1 Å². The summed E-state index contributed by atoms with van der Waals surface area (Å²) in [6.07, 6.45) is 3.17. The van der Waals surface area contributed by atoms with Crippen LogP contribution in [0.25, 0.3) is 0 Å². The number of hydrogen-bond acceptors (Lipinski definition) is 5. The summed E-state index contributed by atoms with van der Waals surface area (Å²) in [5.74, 6) is 0.957. The molecule has 1 aromatic heterocycles. The van der Waals surface area contributed by atoms with Gasteiger partial charge in [-0.1, -0.05) is 30.3 Å². The third-order valence-corrected chi connectivity index (χ3v) is 4.07. The van der Waals surface area contributed by atoms with Gasteiger partial charge in [0.25, 0.3) is 5.91 Å². The standard InChI is InChI=1S/C20H22N4O3/c1-15-7-8-18(19(9-15)26-2)27-12-20(25)22-10-16-5-3-4-6-17(16)11-24-14-21-13-23-24/h3-9,13-14H,10-12H2,1-2H3,(H,22,25). The van der Waals surface area contributed by atoms with E-state index in [0.717, 1.165) is 16.7 Å². The summed E-state index contributed by atoms with van der Waals surface area (Å²) in [5.41, 5.74) is 3.16. The number of rotatable bonds is 8. The van der Waals surface area contributed by atoms with E-state index in [1.165, 1.54) is 6.33 Å². The summed E-state index contributed by atoms with van der Waals surface area (Å²) < 4.78 is 12.6. The van der Waals surface area contributed by atoms with Gasteiger partial charge in [0.2, 0.25) is 0 Å². The van der Waals surface area contributed by atoms with Gasteiger partial charge in [-0.25, -0.2) is 9.67 Å². The molecule has 7 heteroatoms. The molecule has 0 aliphatic heterocycles. The van der Waals surface area contributed by atoms with Crippen LogP contribution in [0.2, 0.25) is 0 Å². The fourth-order valence-corrected chi connectivity index (χ4v) is 2.66. The fourth-order valence-electron chi connectivity index (χ4n) is 2.66. The highest BCUT2D eigenvalue weighted by molar-refractivity contribution is 5.77. The number of amides is 1. The Hall–Kier alpha value is -3.35. The smallest absolute Gasteiger partial charge is 0.258 e. The zero-order valence-corrected chi connectivity index (χ0v) is 15.4. The van der Waals surface area contributed by atoms with Gasteiger partial charge in [-0.3, -0.25) is 4.79 Å². The van der Waals surface area contributed by atoms with Crippen LogP contribution in [0.3, 0.4) is 0 Å². The number of hydrogen-bond donors (Lipinski definition) is 1. The lowest BCUT2D eigenvalue weighted by atomic mass is 10.1. The summed E-state index contributed by atoms with van der Waals surface area (Å²) in [6, 6.07) is 13.5. The monoisotopic (exact) mass is 366 g/mol. The van der Waals surface area contributed by atoms with Crippen molar-refractivity contribution in [2.24, 2.45) is 0 Å². The first-order valence-corrected chi connectivity index (χ1v) is 8.59. The maximum Gasteiger partial charge on any atom is 0.258 e. The molecule has 1 amide bonds. The van der Waals surface area contributed by atoms with Gasteiger partial charge in [-0.15, -0.1) is 0 Å². The van der Waals surface area contributed by atoms with Crippen molar-refractivity contribution in [1.29, 1.82) is 0 Å². The molecule has 7 nitrogen and oxygen atoms in total. The summed E-state index contributed by atoms with van der Waals surface area (Å²) in [5, 5.41) is 7.01. The minimum Gasteiger partial charge on any atom is -0.493 e. The summed E-state index contributed by atoms with van der Waals surface area (Å²) >= 11 is 0. The van der Waals surface area contributed by atoms with E-state index in [1.54, 1.807) is 24.2 Å². The molecule has 2 aromatic carbocycles. The molecule has 3 aromatic rings. The van der Waals surface area contributed by atoms with E-state index in [2.05, 4.69) is 15.4 Å². The van der Waals surface area contributed by atoms with Crippen LogP contribution in [-0.4, -0.2) is 34.4 Å². The van der Waals surface area contributed by atoms with Crippen LogP contribution in [0.1, 0.15) is 16.7 Å².